The highest BCUT2D eigenvalue weighted by molar-refractivity contribution is 5.71. The van der Waals surface area contributed by atoms with Crippen LogP contribution in [0.3, 0.4) is 0 Å². The minimum absolute atomic E-state index is 0.0954. The van der Waals surface area contributed by atoms with Crippen molar-refractivity contribution in [2.45, 2.75) is 26.4 Å². The van der Waals surface area contributed by atoms with Gasteiger partial charge in [0, 0.05) is 12.4 Å². The molecule has 4 nitrogen and oxygen atoms in total. The summed E-state index contributed by atoms with van der Waals surface area (Å²) < 4.78 is 53.2. The lowest BCUT2D eigenvalue weighted by Gasteiger charge is -2.10. The van der Waals surface area contributed by atoms with Gasteiger partial charge < -0.3 is 0 Å². The molecule has 3 rings (SSSR count). The Morgan fingerprint density at radius 1 is 1.07 bits per heavy atom. The molecule has 0 radical (unpaired) electrons. The van der Waals surface area contributed by atoms with E-state index in [9.17, 15) is 22.4 Å². The van der Waals surface area contributed by atoms with Crippen LogP contribution in [0, 0.1) is 5.82 Å². The zero-order valence-electron chi connectivity index (χ0n) is 14.7. The summed E-state index contributed by atoms with van der Waals surface area (Å²) in [6.45, 7) is 4.00. The summed E-state index contributed by atoms with van der Waals surface area (Å²) >= 11 is 0. The van der Waals surface area contributed by atoms with Crippen LogP contribution in [0.5, 0.6) is 0 Å². The van der Waals surface area contributed by atoms with E-state index < -0.39 is 17.6 Å². The fraction of sp³-hybridized carbons (Fsp3) is 0.211. The van der Waals surface area contributed by atoms with Crippen molar-refractivity contribution in [3.8, 4) is 5.82 Å². The molecule has 0 aliphatic rings. The van der Waals surface area contributed by atoms with Crippen LogP contribution in [0.1, 0.15) is 41.0 Å². The first kappa shape index (κ1) is 20.3. The van der Waals surface area contributed by atoms with Crippen molar-refractivity contribution in [2.24, 2.45) is 0 Å². The molecule has 0 N–H and O–H groups in total. The summed E-state index contributed by atoms with van der Waals surface area (Å²) in [4.78, 5) is 14.8. The predicted octanol–water partition coefficient (Wildman–Crippen LogP) is 4.85. The molecule has 0 aliphatic carbocycles. The van der Waals surface area contributed by atoms with Gasteiger partial charge in [0.25, 0.3) is 0 Å². The third-order valence-corrected chi connectivity index (χ3v) is 3.47. The summed E-state index contributed by atoms with van der Waals surface area (Å²) in [5, 5.41) is 3.99. The number of rotatable bonds is 4. The third-order valence-electron chi connectivity index (χ3n) is 3.47. The third kappa shape index (κ3) is 5.22. The van der Waals surface area contributed by atoms with Gasteiger partial charge in [0.2, 0.25) is 0 Å². The SMILES string of the molecule is CC.O=Cc1ccn(-c2cc(Cc3cc(F)cc(C(F)(F)F)c3)ccn2)n1. The van der Waals surface area contributed by atoms with Gasteiger partial charge in [-0.25, -0.2) is 14.1 Å². The molecule has 2 heterocycles. The monoisotopic (exact) mass is 379 g/mol. The smallest absolute Gasteiger partial charge is 0.296 e. The number of hydrogen-bond acceptors (Lipinski definition) is 3. The maximum Gasteiger partial charge on any atom is 0.416 e. The number of alkyl halides is 3. The molecule has 27 heavy (non-hydrogen) atoms. The highest BCUT2D eigenvalue weighted by atomic mass is 19.4. The van der Waals surface area contributed by atoms with Crippen LogP contribution in [0.2, 0.25) is 0 Å². The Kier molecular flexibility index (Phi) is 6.44. The average Bonchev–Trinajstić information content (AvgIpc) is 3.12. The molecule has 0 unspecified atom stereocenters. The molecule has 0 fully saturated rings. The van der Waals surface area contributed by atoms with Crippen LogP contribution < -0.4 is 0 Å². The Morgan fingerprint density at radius 3 is 2.44 bits per heavy atom. The minimum atomic E-state index is -4.61. The van der Waals surface area contributed by atoms with Crippen LogP contribution in [0.4, 0.5) is 17.6 Å². The molecule has 142 valence electrons. The zero-order chi connectivity index (χ0) is 20.0. The number of aromatic nitrogens is 3. The Labute approximate surface area is 153 Å². The number of pyridine rings is 1. The van der Waals surface area contributed by atoms with Gasteiger partial charge in [0.05, 0.1) is 5.56 Å². The first-order valence-electron chi connectivity index (χ1n) is 8.18. The van der Waals surface area contributed by atoms with E-state index in [1.807, 2.05) is 13.8 Å². The van der Waals surface area contributed by atoms with Gasteiger partial charge in [0.1, 0.15) is 11.5 Å². The van der Waals surface area contributed by atoms with Crippen LogP contribution in [-0.2, 0) is 12.6 Å². The van der Waals surface area contributed by atoms with Crippen LogP contribution in [-0.4, -0.2) is 21.1 Å². The summed E-state index contributed by atoms with van der Waals surface area (Å²) in [6, 6.07) is 7.18. The molecule has 1 aromatic carbocycles. The number of hydrogen-bond donors (Lipinski definition) is 0. The number of benzene rings is 1. The Morgan fingerprint density at radius 2 is 1.81 bits per heavy atom. The first-order chi connectivity index (χ1) is 12.8. The molecule has 0 bridgehead atoms. The van der Waals surface area contributed by atoms with Gasteiger partial charge in [-0.3, -0.25) is 4.79 Å². The van der Waals surface area contributed by atoms with Crippen molar-refractivity contribution in [3.05, 3.63) is 77.0 Å². The van der Waals surface area contributed by atoms with Crippen LogP contribution in [0.15, 0.2) is 48.8 Å². The fourth-order valence-electron chi connectivity index (χ4n) is 2.38. The highest BCUT2D eigenvalue weighted by Crippen LogP contribution is 2.31. The molecule has 3 aromatic rings. The van der Waals surface area contributed by atoms with E-state index in [0.29, 0.717) is 23.7 Å². The van der Waals surface area contributed by atoms with Crippen LogP contribution >= 0.6 is 0 Å². The van der Waals surface area contributed by atoms with E-state index in [1.165, 1.54) is 16.9 Å². The molecule has 0 saturated heterocycles. The molecule has 2 aromatic heterocycles. The van der Waals surface area contributed by atoms with E-state index >= 15 is 0 Å². The van der Waals surface area contributed by atoms with Crippen molar-refractivity contribution >= 4 is 6.29 Å². The lowest BCUT2D eigenvalue weighted by Crippen LogP contribution is -2.07. The predicted molar refractivity (Wildman–Crippen MR) is 92.3 cm³/mol. The number of halogens is 4. The van der Waals surface area contributed by atoms with Crippen molar-refractivity contribution in [1.29, 1.82) is 0 Å². The van der Waals surface area contributed by atoms with Gasteiger partial charge in [-0.15, -0.1) is 0 Å². The van der Waals surface area contributed by atoms with E-state index in [2.05, 4.69) is 10.1 Å². The van der Waals surface area contributed by atoms with E-state index in [0.717, 1.165) is 12.1 Å². The zero-order valence-corrected chi connectivity index (χ0v) is 14.7. The minimum Gasteiger partial charge on any atom is -0.296 e. The van der Waals surface area contributed by atoms with Gasteiger partial charge in [0.15, 0.2) is 12.1 Å². The molecule has 0 spiro atoms. The maximum atomic E-state index is 13.5. The standard InChI is InChI=1S/C17H11F4N3O.C2H6/c18-14-7-12(6-13(9-14)17(19,20)21)5-11-1-3-22-16(8-11)24-4-2-15(10-25)23-24;1-2/h1-4,6-10H,5H2;1-2H3. The second-order valence-electron chi connectivity index (χ2n) is 5.35. The second-order valence-corrected chi connectivity index (χ2v) is 5.35. The van der Waals surface area contributed by atoms with Crippen molar-refractivity contribution < 1.29 is 22.4 Å². The van der Waals surface area contributed by atoms with E-state index in [4.69, 9.17) is 0 Å². The lowest BCUT2D eigenvalue weighted by molar-refractivity contribution is -0.137. The summed E-state index contributed by atoms with van der Waals surface area (Å²) in [7, 11) is 0. The highest BCUT2D eigenvalue weighted by Gasteiger charge is 2.31. The maximum absolute atomic E-state index is 13.5. The van der Waals surface area contributed by atoms with Gasteiger partial charge in [-0.1, -0.05) is 13.8 Å². The largest absolute Gasteiger partial charge is 0.416 e. The number of nitrogens with zero attached hydrogens (tertiary/aromatic N) is 3. The Balaban J connectivity index is 0.00000126. The quantitative estimate of drug-likeness (QED) is 0.481. The normalized spacial score (nSPS) is 10.9. The molecule has 0 saturated carbocycles. The molecular weight excluding hydrogens is 362 g/mol. The number of carbonyl (C=O) groups excluding carboxylic acids is 1. The number of aldehydes is 1. The molecule has 0 aliphatic heterocycles. The molecule has 8 heteroatoms. The van der Waals surface area contributed by atoms with Gasteiger partial charge in [-0.05, 0) is 53.9 Å². The lowest BCUT2D eigenvalue weighted by atomic mass is 10.0. The summed E-state index contributed by atoms with van der Waals surface area (Å²) in [5.41, 5.74) is 0.0250. The topological polar surface area (TPSA) is 47.8 Å². The Bertz CT molecular complexity index is 919. The van der Waals surface area contributed by atoms with Crippen molar-refractivity contribution in [2.75, 3.05) is 0 Å². The second kappa shape index (κ2) is 8.57. The number of carbonyl (C=O) groups is 1. The average molecular weight is 379 g/mol. The molecule has 0 amide bonds. The fourth-order valence-corrected chi connectivity index (χ4v) is 2.38. The van der Waals surface area contributed by atoms with E-state index in [-0.39, 0.29) is 17.7 Å². The van der Waals surface area contributed by atoms with Crippen LogP contribution in [0.25, 0.3) is 5.82 Å². The van der Waals surface area contributed by atoms with Gasteiger partial charge in [-0.2, -0.15) is 18.3 Å². The molecule has 0 atom stereocenters. The van der Waals surface area contributed by atoms with Crippen molar-refractivity contribution in [3.63, 3.8) is 0 Å². The first-order valence-corrected chi connectivity index (χ1v) is 8.18. The molecular formula is C19H17F4N3O. The van der Waals surface area contributed by atoms with E-state index in [1.54, 1.807) is 18.3 Å². The van der Waals surface area contributed by atoms with Gasteiger partial charge >= 0.3 is 6.18 Å². The summed E-state index contributed by atoms with van der Waals surface area (Å²) in [5.74, 6) is -0.542. The van der Waals surface area contributed by atoms with Crippen molar-refractivity contribution in [1.82, 2.24) is 14.8 Å². The summed E-state index contributed by atoms with van der Waals surface area (Å²) in [6.07, 6.45) is -0.916. The Hall–Kier alpha value is -3.03.